The number of benzene rings is 1. The van der Waals surface area contributed by atoms with Gasteiger partial charge in [-0.25, -0.2) is 0 Å². The van der Waals surface area contributed by atoms with Crippen molar-refractivity contribution in [2.75, 3.05) is 20.2 Å². The van der Waals surface area contributed by atoms with Gasteiger partial charge in [0.05, 0.1) is 0 Å². The van der Waals surface area contributed by atoms with Gasteiger partial charge in [-0.05, 0) is 44.2 Å². The highest BCUT2D eigenvalue weighted by Gasteiger charge is 2.03. The quantitative estimate of drug-likeness (QED) is 0.767. The minimum Gasteiger partial charge on any atom is -0.491 e. The van der Waals surface area contributed by atoms with E-state index < -0.39 is 6.10 Å². The molecule has 0 radical (unpaired) electrons. The largest absolute Gasteiger partial charge is 0.491 e. The summed E-state index contributed by atoms with van der Waals surface area (Å²) in [4.78, 5) is 0. The van der Waals surface area contributed by atoms with Gasteiger partial charge in [0.25, 0.3) is 0 Å². The Morgan fingerprint density at radius 2 is 1.87 bits per heavy atom. The van der Waals surface area contributed by atoms with Gasteiger partial charge in [-0.3, -0.25) is 0 Å². The molecule has 84 valence electrons. The van der Waals surface area contributed by atoms with Gasteiger partial charge in [0.2, 0.25) is 0 Å². The van der Waals surface area contributed by atoms with Crippen molar-refractivity contribution in [2.24, 2.45) is 0 Å². The molecule has 0 aliphatic rings. The molecule has 1 atom stereocenters. The van der Waals surface area contributed by atoms with Crippen LogP contribution in [0, 0.1) is 13.8 Å². The van der Waals surface area contributed by atoms with E-state index in [1.807, 2.05) is 26.0 Å². The third-order valence-corrected chi connectivity index (χ3v) is 2.08. The van der Waals surface area contributed by atoms with Crippen LogP contribution in [-0.2, 0) is 0 Å². The molecular formula is C12H19NO2. The maximum Gasteiger partial charge on any atom is 0.119 e. The van der Waals surface area contributed by atoms with E-state index in [0.29, 0.717) is 13.2 Å². The van der Waals surface area contributed by atoms with Crippen LogP contribution in [0.4, 0.5) is 0 Å². The first kappa shape index (κ1) is 12.0. The molecule has 3 heteroatoms. The molecule has 1 aromatic carbocycles. The van der Waals surface area contributed by atoms with E-state index in [1.165, 1.54) is 11.1 Å². The summed E-state index contributed by atoms with van der Waals surface area (Å²) >= 11 is 0. The second-order valence-electron chi connectivity index (χ2n) is 3.85. The number of aliphatic hydroxyl groups excluding tert-OH is 1. The number of hydrogen-bond acceptors (Lipinski definition) is 3. The second kappa shape index (κ2) is 5.73. The van der Waals surface area contributed by atoms with Crippen molar-refractivity contribution >= 4 is 0 Å². The SMILES string of the molecule is CNCC(O)COc1cc(C)cc(C)c1. The first-order chi connectivity index (χ1) is 7.11. The molecule has 3 nitrogen and oxygen atoms in total. The van der Waals surface area contributed by atoms with Gasteiger partial charge < -0.3 is 15.2 Å². The van der Waals surface area contributed by atoms with Gasteiger partial charge in [0.15, 0.2) is 0 Å². The molecule has 0 spiro atoms. The van der Waals surface area contributed by atoms with Crippen LogP contribution in [0.15, 0.2) is 18.2 Å². The predicted octanol–water partition coefficient (Wildman–Crippen LogP) is 1.26. The topological polar surface area (TPSA) is 41.5 Å². The molecule has 0 saturated heterocycles. The molecule has 15 heavy (non-hydrogen) atoms. The Bertz CT molecular complexity index is 292. The van der Waals surface area contributed by atoms with E-state index in [0.717, 1.165) is 5.75 Å². The number of rotatable bonds is 5. The monoisotopic (exact) mass is 209 g/mol. The molecule has 0 bridgehead atoms. The zero-order chi connectivity index (χ0) is 11.3. The summed E-state index contributed by atoms with van der Waals surface area (Å²) < 4.78 is 5.49. The minimum absolute atomic E-state index is 0.323. The van der Waals surface area contributed by atoms with Gasteiger partial charge in [-0.15, -0.1) is 0 Å². The summed E-state index contributed by atoms with van der Waals surface area (Å²) in [6, 6.07) is 6.04. The number of hydrogen-bond donors (Lipinski definition) is 2. The molecule has 0 amide bonds. The van der Waals surface area contributed by atoms with Crippen LogP contribution in [0.1, 0.15) is 11.1 Å². The van der Waals surface area contributed by atoms with E-state index in [-0.39, 0.29) is 0 Å². The average Bonchev–Trinajstić information content (AvgIpc) is 2.14. The lowest BCUT2D eigenvalue weighted by atomic mass is 10.1. The van der Waals surface area contributed by atoms with E-state index >= 15 is 0 Å². The lowest BCUT2D eigenvalue weighted by molar-refractivity contribution is 0.108. The normalized spacial score (nSPS) is 12.5. The molecule has 0 aromatic heterocycles. The minimum atomic E-state index is -0.462. The average molecular weight is 209 g/mol. The standard InChI is InChI=1S/C12H19NO2/c1-9-4-10(2)6-12(5-9)15-8-11(14)7-13-3/h4-6,11,13-14H,7-8H2,1-3H3. The second-order valence-corrected chi connectivity index (χ2v) is 3.85. The summed E-state index contributed by atoms with van der Waals surface area (Å²) in [5.41, 5.74) is 2.35. The third kappa shape index (κ3) is 4.32. The number of likely N-dealkylation sites (N-methyl/N-ethyl adjacent to an activating group) is 1. The van der Waals surface area contributed by atoms with Gasteiger partial charge in [-0.2, -0.15) is 0 Å². The number of nitrogens with one attached hydrogen (secondary N) is 1. The third-order valence-electron chi connectivity index (χ3n) is 2.08. The fraction of sp³-hybridized carbons (Fsp3) is 0.500. The first-order valence-corrected chi connectivity index (χ1v) is 5.15. The lowest BCUT2D eigenvalue weighted by Crippen LogP contribution is -2.29. The van der Waals surface area contributed by atoms with Gasteiger partial charge >= 0.3 is 0 Å². The van der Waals surface area contributed by atoms with Crippen molar-refractivity contribution in [1.82, 2.24) is 5.32 Å². The maximum absolute atomic E-state index is 9.46. The predicted molar refractivity (Wildman–Crippen MR) is 61.3 cm³/mol. The Kier molecular flexibility index (Phi) is 4.59. The molecule has 1 aromatic rings. The van der Waals surface area contributed by atoms with E-state index in [4.69, 9.17) is 4.74 Å². The molecule has 2 N–H and O–H groups in total. The van der Waals surface area contributed by atoms with Gasteiger partial charge in [0.1, 0.15) is 18.5 Å². The van der Waals surface area contributed by atoms with Gasteiger partial charge in [0, 0.05) is 6.54 Å². The van der Waals surface area contributed by atoms with Crippen molar-refractivity contribution in [2.45, 2.75) is 20.0 Å². The molecule has 0 saturated carbocycles. The summed E-state index contributed by atoms with van der Waals surface area (Å²) in [7, 11) is 1.81. The lowest BCUT2D eigenvalue weighted by Gasteiger charge is -2.12. The number of aliphatic hydroxyl groups is 1. The Labute approximate surface area is 91.1 Å². The van der Waals surface area contributed by atoms with Crippen LogP contribution in [0.2, 0.25) is 0 Å². The molecule has 0 fully saturated rings. The molecule has 0 aliphatic carbocycles. The Hall–Kier alpha value is -1.06. The van der Waals surface area contributed by atoms with E-state index in [9.17, 15) is 5.11 Å². The van der Waals surface area contributed by atoms with Crippen LogP contribution in [-0.4, -0.2) is 31.4 Å². The number of aryl methyl sites for hydroxylation is 2. The Morgan fingerprint density at radius 3 is 2.40 bits per heavy atom. The van der Waals surface area contributed by atoms with Crippen molar-refractivity contribution in [3.8, 4) is 5.75 Å². The molecule has 1 rings (SSSR count). The number of ether oxygens (including phenoxy) is 1. The summed E-state index contributed by atoms with van der Waals surface area (Å²) in [6.07, 6.45) is -0.462. The smallest absolute Gasteiger partial charge is 0.119 e. The van der Waals surface area contributed by atoms with Crippen molar-refractivity contribution in [1.29, 1.82) is 0 Å². The Morgan fingerprint density at radius 1 is 1.27 bits per heavy atom. The van der Waals surface area contributed by atoms with Crippen molar-refractivity contribution < 1.29 is 9.84 Å². The summed E-state index contributed by atoms with van der Waals surface area (Å²) in [5.74, 6) is 0.822. The van der Waals surface area contributed by atoms with E-state index in [1.54, 1.807) is 7.05 Å². The highest BCUT2D eigenvalue weighted by atomic mass is 16.5. The summed E-state index contributed by atoms with van der Waals surface area (Å²) in [6.45, 7) is 4.93. The van der Waals surface area contributed by atoms with Crippen LogP contribution >= 0.6 is 0 Å². The van der Waals surface area contributed by atoms with Crippen molar-refractivity contribution in [3.05, 3.63) is 29.3 Å². The fourth-order valence-electron chi connectivity index (χ4n) is 1.50. The van der Waals surface area contributed by atoms with Crippen LogP contribution in [0.3, 0.4) is 0 Å². The van der Waals surface area contributed by atoms with Crippen molar-refractivity contribution in [3.63, 3.8) is 0 Å². The van der Waals surface area contributed by atoms with Crippen LogP contribution in [0.25, 0.3) is 0 Å². The van der Waals surface area contributed by atoms with E-state index in [2.05, 4.69) is 11.4 Å². The molecule has 1 unspecified atom stereocenters. The molecule has 0 heterocycles. The molecule has 0 aliphatic heterocycles. The maximum atomic E-state index is 9.46. The summed E-state index contributed by atoms with van der Waals surface area (Å²) in [5, 5.41) is 12.4. The Balaban J connectivity index is 2.50. The van der Waals surface area contributed by atoms with Crippen LogP contribution < -0.4 is 10.1 Å². The highest BCUT2D eigenvalue weighted by Crippen LogP contribution is 2.16. The zero-order valence-corrected chi connectivity index (χ0v) is 9.58. The zero-order valence-electron chi connectivity index (χ0n) is 9.58. The first-order valence-electron chi connectivity index (χ1n) is 5.15. The van der Waals surface area contributed by atoms with Crippen LogP contribution in [0.5, 0.6) is 5.75 Å². The van der Waals surface area contributed by atoms with Gasteiger partial charge in [-0.1, -0.05) is 6.07 Å². The fourth-order valence-corrected chi connectivity index (χ4v) is 1.50. The molecular weight excluding hydrogens is 190 g/mol. The highest BCUT2D eigenvalue weighted by molar-refractivity contribution is 5.32.